The maximum Gasteiger partial charge on any atom is 0.163 e. The fourth-order valence-electron chi connectivity index (χ4n) is 3.61. The maximum atomic E-state index is 6.54. The molecule has 31 heavy (non-hydrogen) atoms. The van der Waals surface area contributed by atoms with Gasteiger partial charge in [0.05, 0.1) is 7.11 Å². The number of fused-ring (bicyclic) bond motifs is 1. The lowest BCUT2D eigenvalue weighted by Crippen LogP contribution is -2.17. The van der Waals surface area contributed by atoms with Crippen LogP contribution < -0.4 is 14.8 Å². The first-order valence-electron chi connectivity index (χ1n) is 10.4. The van der Waals surface area contributed by atoms with Gasteiger partial charge in [0.1, 0.15) is 6.61 Å². The molecular weight excluding hydrogens is 408 g/mol. The zero-order valence-corrected chi connectivity index (χ0v) is 18.6. The molecule has 0 saturated heterocycles. The van der Waals surface area contributed by atoms with E-state index in [0.717, 1.165) is 24.1 Å². The van der Waals surface area contributed by atoms with Gasteiger partial charge in [0, 0.05) is 34.7 Å². The van der Waals surface area contributed by atoms with Crippen molar-refractivity contribution in [2.45, 2.75) is 26.5 Å². The molecule has 0 amide bonds. The van der Waals surface area contributed by atoms with Crippen LogP contribution in [0.25, 0.3) is 10.9 Å². The average Bonchev–Trinajstić information content (AvgIpc) is 3.20. The van der Waals surface area contributed by atoms with Gasteiger partial charge in [-0.3, -0.25) is 0 Å². The lowest BCUT2D eigenvalue weighted by atomic mass is 10.1. The van der Waals surface area contributed by atoms with Gasteiger partial charge in [-0.2, -0.15) is 0 Å². The van der Waals surface area contributed by atoms with Gasteiger partial charge in [-0.25, -0.2) is 0 Å². The Bertz CT molecular complexity index is 1150. The first-order valence-corrected chi connectivity index (χ1v) is 10.8. The molecular formula is C26H27ClN2O2. The number of halogens is 1. The summed E-state index contributed by atoms with van der Waals surface area (Å²) in [7, 11) is 1.65. The van der Waals surface area contributed by atoms with Gasteiger partial charge in [-0.15, -0.1) is 0 Å². The third kappa shape index (κ3) is 5.22. The monoisotopic (exact) mass is 434 g/mol. The second-order valence-electron chi connectivity index (χ2n) is 7.66. The van der Waals surface area contributed by atoms with Crippen molar-refractivity contribution in [1.29, 1.82) is 0 Å². The number of rotatable bonds is 9. The normalized spacial score (nSPS) is 11.1. The number of hydrogen-bond donors (Lipinski definition) is 2. The summed E-state index contributed by atoms with van der Waals surface area (Å²) >= 11 is 6.54. The summed E-state index contributed by atoms with van der Waals surface area (Å²) in [6.07, 6.45) is 3.03. The van der Waals surface area contributed by atoms with Gasteiger partial charge in [0.15, 0.2) is 11.5 Å². The maximum absolute atomic E-state index is 6.54. The van der Waals surface area contributed by atoms with Gasteiger partial charge in [0.25, 0.3) is 0 Å². The van der Waals surface area contributed by atoms with Crippen LogP contribution in [0.3, 0.4) is 0 Å². The second kappa shape index (κ2) is 9.90. The number of ether oxygens (including phenoxy) is 2. The highest BCUT2D eigenvalue weighted by Gasteiger charge is 2.11. The Morgan fingerprint density at radius 2 is 1.77 bits per heavy atom. The molecule has 0 unspecified atom stereocenters. The van der Waals surface area contributed by atoms with E-state index in [1.54, 1.807) is 7.11 Å². The molecule has 5 heteroatoms. The highest BCUT2D eigenvalue weighted by Crippen LogP contribution is 2.34. The molecule has 160 valence electrons. The van der Waals surface area contributed by atoms with E-state index in [9.17, 15) is 0 Å². The fourth-order valence-corrected chi connectivity index (χ4v) is 3.84. The molecule has 0 atom stereocenters. The smallest absolute Gasteiger partial charge is 0.163 e. The third-order valence-electron chi connectivity index (χ3n) is 5.41. The topological polar surface area (TPSA) is 46.3 Å². The Morgan fingerprint density at radius 1 is 0.968 bits per heavy atom. The second-order valence-corrected chi connectivity index (χ2v) is 8.06. The lowest BCUT2D eigenvalue weighted by Gasteiger charge is -2.14. The Labute approximate surface area is 188 Å². The van der Waals surface area contributed by atoms with Crippen molar-refractivity contribution in [2.75, 3.05) is 13.7 Å². The summed E-state index contributed by atoms with van der Waals surface area (Å²) in [4.78, 5) is 3.32. The van der Waals surface area contributed by atoms with Crippen LogP contribution in [0.15, 0.2) is 66.9 Å². The van der Waals surface area contributed by atoms with Crippen LogP contribution in [-0.2, 0) is 19.6 Å². The predicted molar refractivity (Wildman–Crippen MR) is 127 cm³/mol. The minimum absolute atomic E-state index is 0.467. The van der Waals surface area contributed by atoms with Crippen molar-refractivity contribution in [3.63, 3.8) is 0 Å². The molecule has 4 nitrogen and oxygen atoms in total. The molecule has 1 heterocycles. The average molecular weight is 435 g/mol. The number of aryl methyl sites for hydroxylation is 1. The predicted octanol–water partition coefficient (Wildman–Crippen LogP) is 6.05. The van der Waals surface area contributed by atoms with Crippen LogP contribution >= 0.6 is 11.6 Å². The molecule has 0 aliphatic carbocycles. The number of methoxy groups -OCH3 is 1. The van der Waals surface area contributed by atoms with Gasteiger partial charge in [0.2, 0.25) is 0 Å². The van der Waals surface area contributed by atoms with E-state index in [2.05, 4.69) is 65.9 Å². The van der Waals surface area contributed by atoms with Gasteiger partial charge < -0.3 is 19.8 Å². The number of para-hydroxylation sites is 1. The zero-order valence-electron chi connectivity index (χ0n) is 17.9. The Morgan fingerprint density at radius 3 is 2.58 bits per heavy atom. The lowest BCUT2D eigenvalue weighted by molar-refractivity contribution is 0.284. The van der Waals surface area contributed by atoms with Crippen LogP contribution in [0, 0.1) is 6.92 Å². The zero-order chi connectivity index (χ0) is 21.6. The molecule has 0 bridgehead atoms. The molecule has 1 aromatic heterocycles. The third-order valence-corrected chi connectivity index (χ3v) is 5.76. The molecule has 0 saturated carbocycles. The van der Waals surface area contributed by atoms with Gasteiger partial charge in [-0.1, -0.05) is 59.6 Å². The van der Waals surface area contributed by atoms with E-state index < -0.39 is 0 Å². The summed E-state index contributed by atoms with van der Waals surface area (Å²) in [5, 5.41) is 5.43. The molecule has 2 N–H and O–H groups in total. The Kier molecular flexibility index (Phi) is 6.80. The van der Waals surface area contributed by atoms with E-state index in [4.69, 9.17) is 21.1 Å². The number of aromatic amines is 1. The van der Waals surface area contributed by atoms with E-state index in [0.29, 0.717) is 29.7 Å². The fraction of sp³-hybridized carbons (Fsp3) is 0.231. The van der Waals surface area contributed by atoms with Gasteiger partial charge in [-0.05, 0) is 48.7 Å². The summed E-state index contributed by atoms with van der Waals surface area (Å²) in [5.41, 5.74) is 5.80. The van der Waals surface area contributed by atoms with E-state index >= 15 is 0 Å². The number of hydrogen-bond acceptors (Lipinski definition) is 3. The standard InChI is InChI=1S/C26H27ClN2O2/c1-18-7-9-19(10-8-18)17-31-26-14-23(27)21(13-25(26)30-2)15-28-12-11-20-16-29-24-6-4-3-5-22(20)24/h3-10,13-14,16,28-29H,11-12,15,17H2,1-2H3. The van der Waals surface area contributed by atoms with Crippen molar-refractivity contribution < 1.29 is 9.47 Å². The largest absolute Gasteiger partial charge is 0.493 e. The number of H-pyrrole nitrogens is 1. The minimum Gasteiger partial charge on any atom is -0.493 e. The first kappa shape index (κ1) is 21.3. The number of nitrogens with one attached hydrogen (secondary N) is 2. The molecule has 0 radical (unpaired) electrons. The van der Waals surface area contributed by atoms with Crippen molar-refractivity contribution >= 4 is 22.5 Å². The van der Waals surface area contributed by atoms with Crippen LogP contribution in [0.4, 0.5) is 0 Å². The molecule has 0 spiro atoms. The molecule has 3 aromatic carbocycles. The highest BCUT2D eigenvalue weighted by molar-refractivity contribution is 6.31. The quantitative estimate of drug-likeness (QED) is 0.315. The first-order chi connectivity index (χ1) is 15.1. The highest BCUT2D eigenvalue weighted by atomic mass is 35.5. The van der Waals surface area contributed by atoms with Crippen molar-refractivity contribution in [2.24, 2.45) is 0 Å². The van der Waals surface area contributed by atoms with E-state index in [-0.39, 0.29) is 0 Å². The van der Waals surface area contributed by atoms with Crippen LogP contribution in [0.5, 0.6) is 11.5 Å². The van der Waals surface area contributed by atoms with E-state index in [1.807, 2.05) is 18.2 Å². The van der Waals surface area contributed by atoms with Crippen molar-refractivity contribution in [3.8, 4) is 11.5 Å². The van der Waals surface area contributed by atoms with Crippen LogP contribution in [-0.4, -0.2) is 18.6 Å². The minimum atomic E-state index is 0.467. The molecule has 4 aromatic rings. The van der Waals surface area contributed by atoms with Crippen molar-refractivity contribution in [1.82, 2.24) is 10.3 Å². The summed E-state index contributed by atoms with van der Waals surface area (Å²) in [5.74, 6) is 1.33. The Balaban J connectivity index is 1.35. The van der Waals surface area contributed by atoms with Crippen LogP contribution in [0.1, 0.15) is 22.3 Å². The molecule has 0 aliphatic heterocycles. The SMILES string of the molecule is COc1cc(CNCCc2c[nH]c3ccccc23)c(Cl)cc1OCc1ccc(C)cc1. The number of aromatic nitrogens is 1. The molecule has 0 aliphatic rings. The summed E-state index contributed by atoms with van der Waals surface area (Å²) < 4.78 is 11.5. The Hall–Kier alpha value is -2.95. The van der Waals surface area contributed by atoms with E-state index in [1.165, 1.54) is 22.0 Å². The van der Waals surface area contributed by atoms with Gasteiger partial charge >= 0.3 is 0 Å². The summed E-state index contributed by atoms with van der Waals surface area (Å²) in [6, 6.07) is 20.4. The van der Waals surface area contributed by atoms with Crippen LogP contribution in [0.2, 0.25) is 5.02 Å². The van der Waals surface area contributed by atoms with Crippen molar-refractivity contribution in [3.05, 3.63) is 94.1 Å². The molecule has 4 rings (SSSR count). The molecule has 0 fully saturated rings. The number of benzene rings is 3. The summed E-state index contributed by atoms with van der Waals surface area (Å²) in [6.45, 7) is 4.05.